The fourth-order valence-corrected chi connectivity index (χ4v) is 3.26. The Hall–Kier alpha value is -3.59. The SMILES string of the molecule is COC(C)[C@H](NC(=O)c1ccc2ccccc2c1OCc1ccc(C(F)(F)F)cc1)C(=O)O. The Morgan fingerprint density at radius 1 is 1.03 bits per heavy atom. The highest BCUT2D eigenvalue weighted by Gasteiger charge is 2.30. The molecular weight excluding hydrogens is 439 g/mol. The maximum Gasteiger partial charge on any atom is 0.416 e. The van der Waals surface area contributed by atoms with Gasteiger partial charge in [0, 0.05) is 12.5 Å². The first-order valence-corrected chi connectivity index (χ1v) is 9.99. The van der Waals surface area contributed by atoms with Gasteiger partial charge in [-0.05, 0) is 36.1 Å². The van der Waals surface area contributed by atoms with E-state index in [2.05, 4.69) is 5.32 Å². The lowest BCUT2D eigenvalue weighted by Crippen LogP contribution is -2.48. The van der Waals surface area contributed by atoms with Crippen molar-refractivity contribution in [1.29, 1.82) is 0 Å². The Morgan fingerprint density at radius 2 is 1.70 bits per heavy atom. The number of carbonyl (C=O) groups excluding carboxylic acids is 1. The monoisotopic (exact) mass is 461 g/mol. The van der Waals surface area contributed by atoms with Crippen LogP contribution in [-0.2, 0) is 22.3 Å². The zero-order chi connectivity index (χ0) is 24.2. The quantitative estimate of drug-likeness (QED) is 0.510. The van der Waals surface area contributed by atoms with E-state index in [-0.39, 0.29) is 17.9 Å². The molecule has 6 nitrogen and oxygen atoms in total. The second-order valence-corrected chi connectivity index (χ2v) is 7.38. The van der Waals surface area contributed by atoms with Crippen LogP contribution in [0.1, 0.15) is 28.4 Å². The molecule has 174 valence electrons. The summed E-state index contributed by atoms with van der Waals surface area (Å²) >= 11 is 0. The normalized spacial score (nSPS) is 13.4. The van der Waals surface area contributed by atoms with Gasteiger partial charge in [0.1, 0.15) is 12.4 Å². The van der Waals surface area contributed by atoms with Crippen LogP contribution in [0.25, 0.3) is 10.8 Å². The van der Waals surface area contributed by atoms with Crippen molar-refractivity contribution in [2.75, 3.05) is 7.11 Å². The number of hydrogen-bond acceptors (Lipinski definition) is 4. The summed E-state index contributed by atoms with van der Waals surface area (Å²) in [6.07, 6.45) is -5.23. The molecule has 0 fully saturated rings. The van der Waals surface area contributed by atoms with Crippen LogP contribution < -0.4 is 10.1 Å². The van der Waals surface area contributed by atoms with Gasteiger partial charge in [-0.1, -0.05) is 42.5 Å². The third-order valence-corrected chi connectivity index (χ3v) is 5.18. The molecule has 0 aliphatic heterocycles. The molecule has 0 saturated carbocycles. The molecule has 9 heteroatoms. The standard InChI is InChI=1S/C24H22F3NO5/c1-14(32-2)20(23(30)31)28-22(29)19-12-9-16-5-3-4-6-18(16)21(19)33-13-15-7-10-17(11-8-15)24(25,26)27/h3-12,14,20H,13H2,1-2H3,(H,28,29)(H,30,31)/t14?,20-/m0/s1. The second-order valence-electron chi connectivity index (χ2n) is 7.38. The van der Waals surface area contributed by atoms with E-state index in [0.717, 1.165) is 17.5 Å². The molecule has 33 heavy (non-hydrogen) atoms. The lowest BCUT2D eigenvalue weighted by atomic mass is 10.0. The summed E-state index contributed by atoms with van der Waals surface area (Å²) in [4.78, 5) is 24.5. The van der Waals surface area contributed by atoms with E-state index in [1.54, 1.807) is 18.2 Å². The van der Waals surface area contributed by atoms with Gasteiger partial charge in [0.15, 0.2) is 6.04 Å². The van der Waals surface area contributed by atoms with E-state index in [0.29, 0.717) is 10.9 Å². The van der Waals surface area contributed by atoms with Crippen LogP contribution >= 0.6 is 0 Å². The van der Waals surface area contributed by atoms with Gasteiger partial charge in [-0.2, -0.15) is 13.2 Å². The van der Waals surface area contributed by atoms with Gasteiger partial charge in [0.05, 0.1) is 17.2 Å². The van der Waals surface area contributed by atoms with Crippen LogP contribution in [-0.4, -0.2) is 36.2 Å². The minimum absolute atomic E-state index is 0.0927. The Labute approximate surface area is 187 Å². The number of carbonyl (C=O) groups is 2. The van der Waals surface area contributed by atoms with E-state index in [4.69, 9.17) is 9.47 Å². The third kappa shape index (κ3) is 5.61. The third-order valence-electron chi connectivity index (χ3n) is 5.18. The van der Waals surface area contributed by atoms with Gasteiger partial charge in [0.25, 0.3) is 5.91 Å². The van der Waals surface area contributed by atoms with Crippen LogP contribution in [0, 0.1) is 0 Å². The van der Waals surface area contributed by atoms with Crippen molar-refractivity contribution in [3.05, 3.63) is 77.4 Å². The second kappa shape index (κ2) is 9.91. The number of fused-ring (bicyclic) bond motifs is 1. The largest absolute Gasteiger partial charge is 0.487 e. The highest BCUT2D eigenvalue weighted by molar-refractivity contribution is 6.04. The Kier molecular flexibility index (Phi) is 7.23. The number of aliphatic carboxylic acids is 1. The number of halogens is 3. The average Bonchev–Trinajstić information content (AvgIpc) is 2.79. The minimum atomic E-state index is -4.44. The van der Waals surface area contributed by atoms with Crippen molar-refractivity contribution in [3.63, 3.8) is 0 Å². The molecule has 0 spiro atoms. The first-order valence-electron chi connectivity index (χ1n) is 9.99. The number of carboxylic acids is 1. The molecule has 1 unspecified atom stereocenters. The van der Waals surface area contributed by atoms with Gasteiger partial charge in [0.2, 0.25) is 0 Å². The predicted molar refractivity (Wildman–Crippen MR) is 115 cm³/mol. The molecule has 0 aliphatic rings. The zero-order valence-electron chi connectivity index (χ0n) is 17.8. The summed E-state index contributed by atoms with van der Waals surface area (Å²) < 4.78 is 49.3. The number of alkyl halides is 3. The number of nitrogens with one attached hydrogen (secondary N) is 1. The van der Waals surface area contributed by atoms with E-state index in [1.807, 2.05) is 12.1 Å². The lowest BCUT2D eigenvalue weighted by Gasteiger charge is -2.21. The van der Waals surface area contributed by atoms with Crippen LogP contribution in [0.5, 0.6) is 5.75 Å². The Bertz CT molecular complexity index is 1150. The highest BCUT2D eigenvalue weighted by Crippen LogP contribution is 2.32. The van der Waals surface area contributed by atoms with Gasteiger partial charge in [-0.3, -0.25) is 4.79 Å². The Morgan fingerprint density at radius 3 is 2.30 bits per heavy atom. The maximum atomic E-state index is 13.0. The number of ether oxygens (including phenoxy) is 2. The van der Waals surface area contributed by atoms with Crippen molar-refractivity contribution < 1.29 is 37.3 Å². The molecule has 0 saturated heterocycles. The van der Waals surface area contributed by atoms with Crippen molar-refractivity contribution in [2.24, 2.45) is 0 Å². The molecule has 1 amide bonds. The lowest BCUT2D eigenvalue weighted by molar-refractivity contribution is -0.142. The number of benzene rings is 3. The number of methoxy groups -OCH3 is 1. The average molecular weight is 461 g/mol. The van der Waals surface area contributed by atoms with E-state index >= 15 is 0 Å². The number of rotatable bonds is 8. The fraction of sp³-hybridized carbons (Fsp3) is 0.250. The molecule has 0 aromatic heterocycles. The summed E-state index contributed by atoms with van der Waals surface area (Å²) in [6, 6.07) is 13.5. The van der Waals surface area contributed by atoms with Gasteiger partial charge in [-0.15, -0.1) is 0 Å². The van der Waals surface area contributed by atoms with Crippen LogP contribution in [0.4, 0.5) is 13.2 Å². The van der Waals surface area contributed by atoms with Crippen molar-refractivity contribution in [1.82, 2.24) is 5.32 Å². The minimum Gasteiger partial charge on any atom is -0.487 e. The first kappa shape index (κ1) is 24.1. The summed E-state index contributed by atoms with van der Waals surface area (Å²) in [5, 5.41) is 13.3. The Balaban J connectivity index is 1.92. The fourth-order valence-electron chi connectivity index (χ4n) is 3.26. The number of amides is 1. The molecule has 2 N–H and O–H groups in total. The van der Waals surface area contributed by atoms with E-state index < -0.39 is 35.8 Å². The van der Waals surface area contributed by atoms with Crippen LogP contribution in [0.15, 0.2) is 60.7 Å². The van der Waals surface area contributed by atoms with Gasteiger partial charge >= 0.3 is 12.1 Å². The van der Waals surface area contributed by atoms with Crippen molar-refractivity contribution >= 4 is 22.6 Å². The van der Waals surface area contributed by atoms with E-state index in [9.17, 15) is 27.9 Å². The molecule has 0 heterocycles. The molecular formula is C24H22F3NO5. The summed E-state index contributed by atoms with van der Waals surface area (Å²) in [6.45, 7) is 1.42. The molecule has 0 aliphatic carbocycles. The summed E-state index contributed by atoms with van der Waals surface area (Å²) in [7, 11) is 1.33. The maximum absolute atomic E-state index is 13.0. The van der Waals surface area contributed by atoms with Crippen LogP contribution in [0.3, 0.4) is 0 Å². The molecule has 0 radical (unpaired) electrons. The summed E-state index contributed by atoms with van der Waals surface area (Å²) in [5.41, 5.74) is -0.211. The number of carboxylic acid groups (broad SMARTS) is 1. The topological polar surface area (TPSA) is 84.9 Å². The van der Waals surface area contributed by atoms with Crippen LogP contribution in [0.2, 0.25) is 0 Å². The zero-order valence-corrected chi connectivity index (χ0v) is 17.8. The van der Waals surface area contributed by atoms with Crippen molar-refractivity contribution in [2.45, 2.75) is 31.9 Å². The predicted octanol–water partition coefficient (Wildman–Crippen LogP) is 4.66. The highest BCUT2D eigenvalue weighted by atomic mass is 19.4. The number of hydrogen-bond donors (Lipinski definition) is 2. The van der Waals surface area contributed by atoms with Crippen molar-refractivity contribution in [3.8, 4) is 5.75 Å². The molecule has 3 aromatic carbocycles. The van der Waals surface area contributed by atoms with E-state index in [1.165, 1.54) is 32.2 Å². The molecule has 3 aromatic rings. The van der Waals surface area contributed by atoms with Gasteiger partial charge < -0.3 is 19.9 Å². The van der Waals surface area contributed by atoms with Gasteiger partial charge in [-0.25, -0.2) is 4.79 Å². The molecule has 3 rings (SSSR count). The molecule has 0 bridgehead atoms. The molecule has 2 atom stereocenters. The smallest absolute Gasteiger partial charge is 0.416 e. The summed E-state index contributed by atoms with van der Waals surface area (Å²) in [5.74, 6) is -1.75. The first-order chi connectivity index (χ1) is 15.6.